The van der Waals surface area contributed by atoms with Crippen molar-refractivity contribution in [2.45, 2.75) is 25.2 Å². The van der Waals surface area contributed by atoms with Gasteiger partial charge in [-0.05, 0) is 12.1 Å². The third-order valence-corrected chi connectivity index (χ3v) is 7.10. The zero-order chi connectivity index (χ0) is 18.8. The molecule has 0 bridgehead atoms. The summed E-state index contributed by atoms with van der Waals surface area (Å²) in [5.41, 5.74) is 1.17. The second-order valence-corrected chi connectivity index (χ2v) is 12.9. The Hall–Kier alpha value is -2.06. The average molecular weight is 366 g/mol. The molecule has 0 spiro atoms. The number of terminal acetylenes is 1. The molecular weight excluding hydrogens is 338 g/mol. The molecule has 2 aromatic carbocycles. The first-order valence-electron chi connectivity index (χ1n) is 9.09. The number of anilines is 1. The molecule has 1 N–H and O–H groups in total. The molecule has 3 nitrogen and oxygen atoms in total. The number of hydrogen-bond donors (Lipinski definition) is 1. The summed E-state index contributed by atoms with van der Waals surface area (Å²) in [5, 5.41) is 12.5. The van der Waals surface area contributed by atoms with Crippen LogP contribution in [0.3, 0.4) is 0 Å². The Kier molecular flexibility index (Phi) is 5.24. The van der Waals surface area contributed by atoms with Gasteiger partial charge in [0.05, 0.1) is 21.3 Å². The Morgan fingerprint density at radius 2 is 1.46 bits per heavy atom. The van der Waals surface area contributed by atoms with Gasteiger partial charge in [0.25, 0.3) is 0 Å². The predicted molar refractivity (Wildman–Crippen MR) is 111 cm³/mol. The summed E-state index contributed by atoms with van der Waals surface area (Å²) in [6.45, 7) is 10.2. The van der Waals surface area contributed by atoms with Crippen LogP contribution >= 0.6 is 0 Å². The fourth-order valence-corrected chi connectivity index (χ4v) is 4.45. The van der Waals surface area contributed by atoms with E-state index in [1.54, 1.807) is 0 Å². The molecule has 0 amide bonds. The summed E-state index contributed by atoms with van der Waals surface area (Å²) in [6, 6.07) is 16.0. The molecule has 1 aliphatic rings. The Morgan fingerprint density at radius 3 is 1.92 bits per heavy atom. The number of nitrogens with zero attached hydrogens (tertiary/aromatic N) is 1. The molecule has 1 atom stereocenters. The number of rotatable bonds is 4. The molecule has 0 radical (unpaired) electrons. The van der Waals surface area contributed by atoms with E-state index < -0.39 is 13.7 Å². The van der Waals surface area contributed by atoms with Crippen LogP contribution in [0.2, 0.25) is 19.6 Å². The van der Waals surface area contributed by atoms with Gasteiger partial charge < -0.3 is 14.7 Å². The largest absolute Gasteiger partial charge is 0.378 e. The Labute approximate surface area is 157 Å². The van der Waals surface area contributed by atoms with Crippen molar-refractivity contribution in [2.24, 2.45) is 0 Å². The standard InChI is InChI=1S/C22H27NO2Si/c1-5-22(24,19-8-12-21(13-9-19)26(2,3)4)18-6-10-20(11-7-18)23-14-16-25-17-15-23/h1,6-13,24H,14-17H2,2-4H3. The summed E-state index contributed by atoms with van der Waals surface area (Å²) in [4.78, 5) is 2.28. The molecule has 26 heavy (non-hydrogen) atoms. The van der Waals surface area contributed by atoms with Crippen molar-refractivity contribution in [3.63, 3.8) is 0 Å². The van der Waals surface area contributed by atoms with Crippen molar-refractivity contribution >= 4 is 18.9 Å². The van der Waals surface area contributed by atoms with Crippen LogP contribution < -0.4 is 10.1 Å². The maximum atomic E-state index is 11.2. The Bertz CT molecular complexity index is 781. The third kappa shape index (κ3) is 3.71. The molecule has 3 rings (SSSR count). The highest BCUT2D eigenvalue weighted by Crippen LogP contribution is 2.30. The first-order chi connectivity index (χ1) is 12.3. The normalized spacial score (nSPS) is 17.4. The molecule has 0 aliphatic carbocycles. The van der Waals surface area contributed by atoms with E-state index in [0.717, 1.165) is 43.1 Å². The summed E-state index contributed by atoms with van der Waals surface area (Å²) < 4.78 is 5.40. The third-order valence-electron chi connectivity index (χ3n) is 5.04. The maximum absolute atomic E-state index is 11.2. The summed E-state index contributed by atoms with van der Waals surface area (Å²) in [5.74, 6) is 2.60. The van der Waals surface area contributed by atoms with Crippen LogP contribution in [0.5, 0.6) is 0 Å². The molecule has 1 saturated heterocycles. The molecule has 1 unspecified atom stereocenters. The first-order valence-corrected chi connectivity index (χ1v) is 12.6. The Balaban J connectivity index is 1.88. The van der Waals surface area contributed by atoms with Crippen molar-refractivity contribution in [1.29, 1.82) is 0 Å². The smallest absolute Gasteiger partial charge is 0.176 e. The molecule has 0 aromatic heterocycles. The van der Waals surface area contributed by atoms with E-state index in [9.17, 15) is 5.11 Å². The van der Waals surface area contributed by atoms with Gasteiger partial charge in [0, 0.05) is 29.9 Å². The fourth-order valence-electron chi connectivity index (χ4n) is 3.28. The van der Waals surface area contributed by atoms with Crippen molar-refractivity contribution in [3.8, 4) is 12.3 Å². The van der Waals surface area contributed by atoms with Crippen LogP contribution in [0.25, 0.3) is 0 Å². The number of hydrogen-bond acceptors (Lipinski definition) is 3. The van der Waals surface area contributed by atoms with Gasteiger partial charge in [-0.1, -0.05) is 67.1 Å². The lowest BCUT2D eigenvalue weighted by atomic mass is 9.87. The van der Waals surface area contributed by atoms with Crippen molar-refractivity contribution in [3.05, 3.63) is 59.7 Å². The van der Waals surface area contributed by atoms with Crippen LogP contribution in [-0.2, 0) is 10.3 Å². The quantitative estimate of drug-likeness (QED) is 0.668. The van der Waals surface area contributed by atoms with E-state index >= 15 is 0 Å². The second-order valence-electron chi connectivity index (χ2n) is 7.83. The average Bonchev–Trinajstić information content (AvgIpc) is 2.67. The topological polar surface area (TPSA) is 32.7 Å². The summed E-state index contributed by atoms with van der Waals surface area (Å²) in [6.07, 6.45) is 5.76. The van der Waals surface area contributed by atoms with Crippen LogP contribution in [0.4, 0.5) is 5.69 Å². The van der Waals surface area contributed by atoms with Crippen LogP contribution in [-0.4, -0.2) is 39.5 Å². The lowest BCUT2D eigenvalue weighted by Crippen LogP contribution is -2.38. The molecule has 136 valence electrons. The predicted octanol–water partition coefficient (Wildman–Crippen LogP) is 2.94. The highest BCUT2D eigenvalue weighted by molar-refractivity contribution is 6.88. The minimum atomic E-state index is -1.42. The second kappa shape index (κ2) is 7.28. The van der Waals surface area contributed by atoms with Gasteiger partial charge in [0.1, 0.15) is 0 Å². The van der Waals surface area contributed by atoms with Gasteiger partial charge in [-0.15, -0.1) is 6.42 Å². The van der Waals surface area contributed by atoms with E-state index in [-0.39, 0.29) is 0 Å². The van der Waals surface area contributed by atoms with E-state index in [0.29, 0.717) is 0 Å². The lowest BCUT2D eigenvalue weighted by molar-refractivity contribution is 0.122. The van der Waals surface area contributed by atoms with E-state index in [2.05, 4.69) is 42.6 Å². The Morgan fingerprint density at radius 1 is 0.962 bits per heavy atom. The van der Waals surface area contributed by atoms with Gasteiger partial charge in [-0.3, -0.25) is 0 Å². The van der Waals surface area contributed by atoms with Gasteiger partial charge in [-0.2, -0.15) is 0 Å². The van der Waals surface area contributed by atoms with Gasteiger partial charge >= 0.3 is 0 Å². The van der Waals surface area contributed by atoms with Gasteiger partial charge in [0.15, 0.2) is 5.60 Å². The number of ether oxygens (including phenoxy) is 1. The SMILES string of the molecule is C#CC(O)(c1ccc(N2CCOCC2)cc1)c1ccc([Si](C)(C)C)cc1. The number of aliphatic hydroxyl groups is 1. The number of benzene rings is 2. The molecule has 1 heterocycles. The fraction of sp³-hybridized carbons (Fsp3) is 0.364. The van der Waals surface area contributed by atoms with Crippen molar-refractivity contribution in [2.75, 3.05) is 31.2 Å². The van der Waals surface area contributed by atoms with E-state index in [1.807, 2.05) is 36.4 Å². The molecule has 1 fully saturated rings. The first kappa shape index (κ1) is 18.7. The van der Waals surface area contributed by atoms with Crippen LogP contribution in [0.15, 0.2) is 48.5 Å². The van der Waals surface area contributed by atoms with E-state index in [1.165, 1.54) is 5.19 Å². The minimum absolute atomic E-state index is 0.720. The lowest BCUT2D eigenvalue weighted by Gasteiger charge is -2.30. The minimum Gasteiger partial charge on any atom is -0.378 e. The summed E-state index contributed by atoms with van der Waals surface area (Å²) in [7, 11) is -1.38. The molecule has 0 saturated carbocycles. The molecular formula is C22H27NO2Si. The highest BCUT2D eigenvalue weighted by atomic mass is 28.3. The van der Waals surface area contributed by atoms with Gasteiger partial charge in [0.2, 0.25) is 0 Å². The van der Waals surface area contributed by atoms with E-state index in [4.69, 9.17) is 11.2 Å². The summed E-state index contributed by atoms with van der Waals surface area (Å²) >= 11 is 0. The van der Waals surface area contributed by atoms with Crippen molar-refractivity contribution in [1.82, 2.24) is 0 Å². The van der Waals surface area contributed by atoms with Gasteiger partial charge in [-0.25, -0.2) is 0 Å². The number of morpholine rings is 1. The molecule has 2 aromatic rings. The van der Waals surface area contributed by atoms with Crippen LogP contribution in [0, 0.1) is 12.3 Å². The maximum Gasteiger partial charge on any atom is 0.176 e. The highest BCUT2D eigenvalue weighted by Gasteiger charge is 2.30. The zero-order valence-electron chi connectivity index (χ0n) is 15.8. The monoisotopic (exact) mass is 365 g/mol. The molecule has 1 aliphatic heterocycles. The van der Waals surface area contributed by atoms with Crippen molar-refractivity contribution < 1.29 is 9.84 Å². The van der Waals surface area contributed by atoms with Crippen LogP contribution in [0.1, 0.15) is 11.1 Å². The zero-order valence-corrected chi connectivity index (χ0v) is 16.8. The molecule has 4 heteroatoms.